The van der Waals surface area contributed by atoms with Crippen LogP contribution in [0, 0.1) is 11.6 Å². The molecule has 1 aromatic carbocycles. The topological polar surface area (TPSA) is 12.4 Å². The molecule has 0 aliphatic heterocycles. The number of rotatable bonds is 2. The third kappa shape index (κ3) is 3.35. The SMILES string of the molecule is CC(=NC1CCCCC1)c1cc(F)cc(F)c1. The van der Waals surface area contributed by atoms with Crippen molar-refractivity contribution in [1.29, 1.82) is 0 Å². The van der Waals surface area contributed by atoms with Gasteiger partial charge < -0.3 is 0 Å². The fourth-order valence-electron chi connectivity index (χ4n) is 2.32. The summed E-state index contributed by atoms with van der Waals surface area (Å²) in [5.41, 5.74) is 1.28. The number of nitrogens with zero attached hydrogens (tertiary/aromatic N) is 1. The average molecular weight is 237 g/mol. The van der Waals surface area contributed by atoms with E-state index in [9.17, 15) is 8.78 Å². The van der Waals surface area contributed by atoms with Crippen LogP contribution >= 0.6 is 0 Å². The molecule has 1 nitrogen and oxygen atoms in total. The maximum atomic E-state index is 13.1. The third-order valence-corrected chi connectivity index (χ3v) is 3.23. The van der Waals surface area contributed by atoms with Crippen LogP contribution in [0.3, 0.4) is 0 Å². The summed E-state index contributed by atoms with van der Waals surface area (Å²) in [6.07, 6.45) is 5.88. The first-order valence-corrected chi connectivity index (χ1v) is 6.16. The van der Waals surface area contributed by atoms with Gasteiger partial charge in [0, 0.05) is 17.3 Å². The van der Waals surface area contributed by atoms with Crippen molar-refractivity contribution in [3.63, 3.8) is 0 Å². The van der Waals surface area contributed by atoms with Crippen molar-refractivity contribution in [3.8, 4) is 0 Å². The van der Waals surface area contributed by atoms with Crippen LogP contribution in [0.15, 0.2) is 23.2 Å². The van der Waals surface area contributed by atoms with Gasteiger partial charge in [-0.1, -0.05) is 19.3 Å². The monoisotopic (exact) mass is 237 g/mol. The highest BCUT2D eigenvalue weighted by atomic mass is 19.1. The van der Waals surface area contributed by atoms with Crippen LogP contribution in [0.5, 0.6) is 0 Å². The maximum Gasteiger partial charge on any atom is 0.126 e. The summed E-state index contributed by atoms with van der Waals surface area (Å²) in [4.78, 5) is 4.57. The second-order valence-electron chi connectivity index (χ2n) is 4.66. The van der Waals surface area contributed by atoms with Gasteiger partial charge in [-0.2, -0.15) is 0 Å². The Morgan fingerprint density at radius 3 is 2.24 bits per heavy atom. The standard InChI is InChI=1S/C14H17F2N/c1-10(17-14-5-3-2-4-6-14)11-7-12(15)9-13(16)8-11/h7-9,14H,2-6H2,1H3. The van der Waals surface area contributed by atoms with Crippen molar-refractivity contribution in [2.24, 2.45) is 4.99 Å². The highest BCUT2D eigenvalue weighted by Gasteiger charge is 2.13. The van der Waals surface area contributed by atoms with Gasteiger partial charge in [0.05, 0.1) is 6.04 Å². The molecule has 17 heavy (non-hydrogen) atoms. The molecule has 1 saturated carbocycles. The highest BCUT2D eigenvalue weighted by Crippen LogP contribution is 2.21. The Labute approximate surface area is 101 Å². The molecule has 0 bridgehead atoms. The van der Waals surface area contributed by atoms with Gasteiger partial charge in [0.1, 0.15) is 11.6 Å². The summed E-state index contributed by atoms with van der Waals surface area (Å²) in [5.74, 6) is -1.09. The predicted molar refractivity (Wildman–Crippen MR) is 65.4 cm³/mol. The smallest absolute Gasteiger partial charge is 0.126 e. The van der Waals surface area contributed by atoms with Crippen LogP contribution in [0.4, 0.5) is 8.78 Å². The Morgan fingerprint density at radius 2 is 1.65 bits per heavy atom. The molecule has 0 radical (unpaired) electrons. The Balaban J connectivity index is 2.17. The van der Waals surface area contributed by atoms with Gasteiger partial charge in [-0.15, -0.1) is 0 Å². The van der Waals surface area contributed by atoms with Gasteiger partial charge in [0.25, 0.3) is 0 Å². The van der Waals surface area contributed by atoms with Crippen molar-refractivity contribution in [2.45, 2.75) is 45.1 Å². The molecule has 2 rings (SSSR count). The quantitative estimate of drug-likeness (QED) is 0.686. The van der Waals surface area contributed by atoms with Crippen molar-refractivity contribution in [1.82, 2.24) is 0 Å². The maximum absolute atomic E-state index is 13.1. The van der Waals surface area contributed by atoms with E-state index in [0.29, 0.717) is 11.6 Å². The lowest BCUT2D eigenvalue weighted by Crippen LogP contribution is -2.12. The van der Waals surface area contributed by atoms with Crippen molar-refractivity contribution in [2.75, 3.05) is 0 Å². The fourth-order valence-corrected chi connectivity index (χ4v) is 2.32. The molecule has 0 N–H and O–H groups in total. The van der Waals surface area contributed by atoms with E-state index in [1.807, 2.05) is 6.92 Å². The van der Waals surface area contributed by atoms with Gasteiger partial charge in [0.15, 0.2) is 0 Å². The van der Waals surface area contributed by atoms with E-state index in [4.69, 9.17) is 0 Å². The lowest BCUT2D eigenvalue weighted by molar-refractivity contribution is 0.443. The summed E-state index contributed by atoms with van der Waals surface area (Å²) >= 11 is 0. The molecule has 92 valence electrons. The molecule has 1 aliphatic carbocycles. The largest absolute Gasteiger partial charge is 0.286 e. The van der Waals surface area contributed by atoms with Crippen molar-refractivity contribution < 1.29 is 8.78 Å². The van der Waals surface area contributed by atoms with Crippen LogP contribution in [0.1, 0.15) is 44.6 Å². The van der Waals surface area contributed by atoms with E-state index in [-0.39, 0.29) is 0 Å². The van der Waals surface area contributed by atoms with Gasteiger partial charge >= 0.3 is 0 Å². The zero-order valence-electron chi connectivity index (χ0n) is 10.0. The molecule has 1 fully saturated rings. The molecule has 0 saturated heterocycles. The molecule has 0 atom stereocenters. The lowest BCUT2D eigenvalue weighted by atomic mass is 9.95. The molecular weight excluding hydrogens is 220 g/mol. The minimum absolute atomic E-state index is 0.329. The highest BCUT2D eigenvalue weighted by molar-refractivity contribution is 5.98. The van der Waals surface area contributed by atoms with E-state index < -0.39 is 11.6 Å². The number of hydrogen-bond donors (Lipinski definition) is 0. The molecule has 0 spiro atoms. The fraction of sp³-hybridized carbons (Fsp3) is 0.500. The van der Waals surface area contributed by atoms with Gasteiger partial charge in [-0.25, -0.2) is 8.78 Å². The normalized spacial score (nSPS) is 18.4. The summed E-state index contributed by atoms with van der Waals surface area (Å²) in [7, 11) is 0. The van der Waals surface area contributed by atoms with Crippen LogP contribution in [0.25, 0.3) is 0 Å². The molecule has 0 aromatic heterocycles. The summed E-state index contributed by atoms with van der Waals surface area (Å²) in [5, 5.41) is 0. The van der Waals surface area contributed by atoms with E-state index in [2.05, 4.69) is 4.99 Å². The van der Waals surface area contributed by atoms with Crippen LogP contribution in [-0.2, 0) is 0 Å². The van der Waals surface area contributed by atoms with E-state index in [0.717, 1.165) is 24.6 Å². The molecule has 3 heteroatoms. The second kappa shape index (κ2) is 5.39. The molecule has 1 aliphatic rings. The first-order chi connectivity index (χ1) is 8.15. The Kier molecular flexibility index (Phi) is 3.87. The second-order valence-corrected chi connectivity index (χ2v) is 4.66. The zero-order chi connectivity index (χ0) is 12.3. The van der Waals surface area contributed by atoms with Crippen LogP contribution in [0.2, 0.25) is 0 Å². The third-order valence-electron chi connectivity index (χ3n) is 3.23. The Bertz CT molecular complexity index is 400. The van der Waals surface area contributed by atoms with Gasteiger partial charge in [-0.05, 0) is 31.9 Å². The lowest BCUT2D eigenvalue weighted by Gasteiger charge is -2.18. The molecule has 0 amide bonds. The molecule has 0 heterocycles. The van der Waals surface area contributed by atoms with Crippen molar-refractivity contribution >= 4 is 5.71 Å². The minimum atomic E-state index is -0.543. The van der Waals surface area contributed by atoms with Crippen molar-refractivity contribution in [3.05, 3.63) is 35.4 Å². The molecular formula is C14H17F2N. The summed E-state index contributed by atoms with van der Waals surface area (Å²) in [6, 6.07) is 3.89. The molecule has 1 aromatic rings. The Morgan fingerprint density at radius 1 is 1.06 bits per heavy atom. The van der Waals surface area contributed by atoms with E-state index in [1.165, 1.54) is 31.4 Å². The number of benzene rings is 1. The van der Waals surface area contributed by atoms with Crippen LogP contribution in [-0.4, -0.2) is 11.8 Å². The van der Waals surface area contributed by atoms with E-state index >= 15 is 0 Å². The number of hydrogen-bond acceptors (Lipinski definition) is 1. The zero-order valence-corrected chi connectivity index (χ0v) is 10.0. The van der Waals surface area contributed by atoms with E-state index in [1.54, 1.807) is 0 Å². The summed E-state index contributed by atoms with van der Waals surface area (Å²) in [6.45, 7) is 1.82. The first kappa shape index (κ1) is 12.2. The average Bonchev–Trinajstić information content (AvgIpc) is 2.29. The number of halogens is 2. The van der Waals surface area contributed by atoms with Crippen LogP contribution < -0.4 is 0 Å². The predicted octanol–water partition coefficient (Wildman–Crippen LogP) is 4.11. The number of aliphatic imine (C=N–C) groups is 1. The van der Waals surface area contributed by atoms with Gasteiger partial charge in [-0.3, -0.25) is 4.99 Å². The minimum Gasteiger partial charge on any atom is -0.286 e. The Hall–Kier alpha value is -1.25. The first-order valence-electron chi connectivity index (χ1n) is 6.16. The van der Waals surface area contributed by atoms with Gasteiger partial charge in [0.2, 0.25) is 0 Å². The summed E-state index contributed by atoms with van der Waals surface area (Å²) < 4.78 is 26.1. The molecule has 0 unspecified atom stereocenters.